The summed E-state index contributed by atoms with van der Waals surface area (Å²) in [6, 6.07) is 3.87. The molecule has 2 rings (SSSR count). The third kappa shape index (κ3) is 1.78. The Balaban J connectivity index is 2.50. The predicted molar refractivity (Wildman–Crippen MR) is 64.9 cm³/mol. The molecule has 2 heterocycles. The molecule has 2 aromatic heterocycles. The number of rotatable bonds is 3. The SMILES string of the molecule is CCCn1nccc1-c1nccc(C)c1N. The summed E-state index contributed by atoms with van der Waals surface area (Å²) in [7, 11) is 0. The number of hydrogen-bond donors (Lipinski definition) is 1. The van der Waals surface area contributed by atoms with E-state index in [1.54, 1.807) is 12.4 Å². The van der Waals surface area contributed by atoms with Gasteiger partial charge in [-0.15, -0.1) is 0 Å². The Labute approximate surface area is 95.1 Å². The average Bonchev–Trinajstić information content (AvgIpc) is 2.71. The van der Waals surface area contributed by atoms with Gasteiger partial charge in [-0.25, -0.2) is 0 Å². The molecular weight excluding hydrogens is 200 g/mol. The van der Waals surface area contributed by atoms with Gasteiger partial charge in [-0.1, -0.05) is 6.92 Å². The van der Waals surface area contributed by atoms with E-state index in [2.05, 4.69) is 17.0 Å². The Morgan fingerprint density at radius 1 is 1.31 bits per heavy atom. The van der Waals surface area contributed by atoms with E-state index in [9.17, 15) is 0 Å². The van der Waals surface area contributed by atoms with Gasteiger partial charge >= 0.3 is 0 Å². The highest BCUT2D eigenvalue weighted by atomic mass is 15.3. The summed E-state index contributed by atoms with van der Waals surface area (Å²) in [5, 5.41) is 4.27. The molecule has 84 valence electrons. The summed E-state index contributed by atoms with van der Waals surface area (Å²) < 4.78 is 1.94. The van der Waals surface area contributed by atoms with Crippen LogP contribution in [-0.2, 0) is 6.54 Å². The van der Waals surface area contributed by atoms with Crippen LogP contribution in [0.1, 0.15) is 18.9 Å². The Morgan fingerprint density at radius 3 is 2.88 bits per heavy atom. The number of pyridine rings is 1. The Kier molecular flexibility index (Phi) is 2.90. The van der Waals surface area contributed by atoms with Gasteiger partial charge in [0.15, 0.2) is 0 Å². The van der Waals surface area contributed by atoms with Gasteiger partial charge in [0.2, 0.25) is 0 Å². The largest absolute Gasteiger partial charge is 0.397 e. The van der Waals surface area contributed by atoms with Gasteiger partial charge in [0.05, 0.1) is 11.4 Å². The fourth-order valence-corrected chi connectivity index (χ4v) is 1.70. The van der Waals surface area contributed by atoms with Crippen molar-refractivity contribution < 1.29 is 0 Å². The van der Waals surface area contributed by atoms with Crippen LogP contribution in [0.4, 0.5) is 5.69 Å². The zero-order valence-electron chi connectivity index (χ0n) is 9.64. The maximum Gasteiger partial charge on any atom is 0.111 e. The highest BCUT2D eigenvalue weighted by Gasteiger charge is 2.10. The van der Waals surface area contributed by atoms with Crippen LogP contribution < -0.4 is 5.73 Å². The number of nitrogens with zero attached hydrogens (tertiary/aromatic N) is 3. The van der Waals surface area contributed by atoms with Gasteiger partial charge in [-0.2, -0.15) is 5.10 Å². The molecule has 0 saturated heterocycles. The molecule has 0 aliphatic carbocycles. The van der Waals surface area contributed by atoms with Crippen molar-refractivity contribution >= 4 is 5.69 Å². The number of aromatic nitrogens is 3. The lowest BCUT2D eigenvalue weighted by Crippen LogP contribution is -2.04. The number of nitrogen functional groups attached to an aromatic ring is 1. The number of aryl methyl sites for hydroxylation is 2. The molecule has 0 fully saturated rings. The van der Waals surface area contributed by atoms with Crippen molar-refractivity contribution in [1.29, 1.82) is 0 Å². The number of hydrogen-bond acceptors (Lipinski definition) is 3. The van der Waals surface area contributed by atoms with Crippen molar-refractivity contribution in [3.05, 3.63) is 30.1 Å². The van der Waals surface area contributed by atoms with Gasteiger partial charge < -0.3 is 5.73 Å². The molecule has 0 bridgehead atoms. The maximum atomic E-state index is 6.04. The summed E-state index contributed by atoms with van der Waals surface area (Å²) >= 11 is 0. The van der Waals surface area contributed by atoms with Crippen molar-refractivity contribution in [2.24, 2.45) is 0 Å². The van der Waals surface area contributed by atoms with Crippen LogP contribution >= 0.6 is 0 Å². The molecule has 4 heteroatoms. The summed E-state index contributed by atoms with van der Waals surface area (Å²) in [5.74, 6) is 0. The first-order valence-electron chi connectivity index (χ1n) is 5.47. The van der Waals surface area contributed by atoms with Crippen LogP contribution in [-0.4, -0.2) is 14.8 Å². The van der Waals surface area contributed by atoms with Gasteiger partial charge in [0.25, 0.3) is 0 Å². The quantitative estimate of drug-likeness (QED) is 0.856. The minimum Gasteiger partial charge on any atom is -0.397 e. The summed E-state index contributed by atoms with van der Waals surface area (Å²) in [6.07, 6.45) is 4.61. The first-order valence-corrected chi connectivity index (χ1v) is 5.47. The monoisotopic (exact) mass is 216 g/mol. The number of anilines is 1. The molecule has 0 aromatic carbocycles. The molecular formula is C12H16N4. The van der Waals surface area contributed by atoms with E-state index < -0.39 is 0 Å². The fraction of sp³-hybridized carbons (Fsp3) is 0.333. The third-order valence-corrected chi connectivity index (χ3v) is 2.60. The molecule has 0 saturated carbocycles. The van der Waals surface area contributed by atoms with E-state index in [0.29, 0.717) is 0 Å². The van der Waals surface area contributed by atoms with Crippen molar-refractivity contribution in [3.8, 4) is 11.4 Å². The molecule has 0 spiro atoms. The molecule has 2 aromatic rings. The zero-order valence-corrected chi connectivity index (χ0v) is 9.64. The second-order valence-corrected chi connectivity index (χ2v) is 3.83. The van der Waals surface area contributed by atoms with Crippen molar-refractivity contribution in [3.63, 3.8) is 0 Å². The van der Waals surface area contributed by atoms with Gasteiger partial charge in [-0.3, -0.25) is 9.67 Å². The molecule has 16 heavy (non-hydrogen) atoms. The maximum absolute atomic E-state index is 6.04. The van der Waals surface area contributed by atoms with E-state index >= 15 is 0 Å². The average molecular weight is 216 g/mol. The zero-order chi connectivity index (χ0) is 11.5. The van der Waals surface area contributed by atoms with Crippen molar-refractivity contribution in [1.82, 2.24) is 14.8 Å². The molecule has 0 amide bonds. The Morgan fingerprint density at radius 2 is 2.12 bits per heavy atom. The Hall–Kier alpha value is -1.84. The van der Waals surface area contributed by atoms with E-state index in [0.717, 1.165) is 35.6 Å². The summed E-state index contributed by atoms with van der Waals surface area (Å²) in [6.45, 7) is 5.00. The van der Waals surface area contributed by atoms with Crippen LogP contribution in [0.15, 0.2) is 24.5 Å². The van der Waals surface area contributed by atoms with Gasteiger partial charge in [0, 0.05) is 18.9 Å². The van der Waals surface area contributed by atoms with Crippen LogP contribution in [0.2, 0.25) is 0 Å². The normalized spacial score (nSPS) is 10.6. The van der Waals surface area contributed by atoms with Crippen molar-refractivity contribution in [2.45, 2.75) is 26.8 Å². The first kappa shape index (κ1) is 10.7. The predicted octanol–water partition coefficient (Wildman–Crippen LogP) is 2.25. The lowest BCUT2D eigenvalue weighted by molar-refractivity contribution is 0.608. The highest BCUT2D eigenvalue weighted by Crippen LogP contribution is 2.25. The molecule has 2 N–H and O–H groups in total. The van der Waals surface area contributed by atoms with Gasteiger partial charge in [-0.05, 0) is 31.0 Å². The second kappa shape index (κ2) is 4.35. The van der Waals surface area contributed by atoms with Crippen LogP contribution in [0, 0.1) is 6.92 Å². The topological polar surface area (TPSA) is 56.7 Å². The smallest absolute Gasteiger partial charge is 0.111 e. The van der Waals surface area contributed by atoms with E-state index in [1.807, 2.05) is 23.7 Å². The second-order valence-electron chi connectivity index (χ2n) is 3.83. The molecule has 0 aliphatic heterocycles. The van der Waals surface area contributed by atoms with Crippen LogP contribution in [0.5, 0.6) is 0 Å². The third-order valence-electron chi connectivity index (χ3n) is 2.60. The van der Waals surface area contributed by atoms with E-state index in [-0.39, 0.29) is 0 Å². The van der Waals surface area contributed by atoms with E-state index in [4.69, 9.17) is 5.73 Å². The van der Waals surface area contributed by atoms with E-state index in [1.165, 1.54) is 0 Å². The molecule has 0 aliphatic rings. The minimum absolute atomic E-state index is 0.736. The summed E-state index contributed by atoms with van der Waals surface area (Å²) in [4.78, 5) is 4.34. The minimum atomic E-state index is 0.736. The first-order chi connectivity index (χ1) is 7.74. The standard InChI is InChI=1S/C12H16N4/c1-3-8-16-10(5-7-15-16)12-11(13)9(2)4-6-14-12/h4-7H,3,8,13H2,1-2H3. The van der Waals surface area contributed by atoms with Crippen LogP contribution in [0.3, 0.4) is 0 Å². The Bertz CT molecular complexity index is 488. The molecule has 4 nitrogen and oxygen atoms in total. The van der Waals surface area contributed by atoms with Crippen LogP contribution in [0.25, 0.3) is 11.4 Å². The highest BCUT2D eigenvalue weighted by molar-refractivity contribution is 5.72. The fourth-order valence-electron chi connectivity index (χ4n) is 1.70. The lowest BCUT2D eigenvalue weighted by atomic mass is 10.1. The van der Waals surface area contributed by atoms with Gasteiger partial charge in [0.1, 0.15) is 5.69 Å². The summed E-state index contributed by atoms with van der Waals surface area (Å²) in [5.41, 5.74) is 9.64. The molecule has 0 unspecified atom stereocenters. The molecule has 0 atom stereocenters. The molecule has 0 radical (unpaired) electrons. The lowest BCUT2D eigenvalue weighted by Gasteiger charge is -2.09. The van der Waals surface area contributed by atoms with Crippen molar-refractivity contribution in [2.75, 3.05) is 5.73 Å². The number of nitrogens with two attached hydrogens (primary N) is 1.